The first kappa shape index (κ1) is 10.0. The molecule has 1 aliphatic heterocycles. The molecule has 0 aromatic rings. The standard InChI is InChI=1S/C9H17N3O/c1-3-11(2)9(13)7-12-6-4-5-8(12)10/h10H,3-7H2,1-2H3. The van der Waals surface area contributed by atoms with Crippen LogP contribution in [0.5, 0.6) is 0 Å². The lowest BCUT2D eigenvalue weighted by Crippen LogP contribution is -2.38. The minimum Gasteiger partial charge on any atom is -0.351 e. The zero-order valence-corrected chi connectivity index (χ0v) is 8.34. The molecule has 1 rings (SSSR count). The first-order valence-corrected chi connectivity index (χ1v) is 4.71. The van der Waals surface area contributed by atoms with Crippen LogP contribution in [0.2, 0.25) is 0 Å². The fourth-order valence-corrected chi connectivity index (χ4v) is 1.37. The molecule has 0 atom stereocenters. The van der Waals surface area contributed by atoms with Gasteiger partial charge in [-0.25, -0.2) is 0 Å². The van der Waals surface area contributed by atoms with Gasteiger partial charge in [0.25, 0.3) is 0 Å². The predicted octanol–water partition coefficient (Wildman–Crippen LogP) is 0.538. The molecule has 74 valence electrons. The van der Waals surface area contributed by atoms with Crippen LogP contribution in [0.4, 0.5) is 0 Å². The quantitative estimate of drug-likeness (QED) is 0.694. The summed E-state index contributed by atoms with van der Waals surface area (Å²) in [5.74, 6) is 0.715. The fourth-order valence-electron chi connectivity index (χ4n) is 1.37. The molecule has 0 unspecified atom stereocenters. The van der Waals surface area contributed by atoms with Gasteiger partial charge in [-0.1, -0.05) is 0 Å². The van der Waals surface area contributed by atoms with E-state index in [9.17, 15) is 4.79 Å². The van der Waals surface area contributed by atoms with E-state index in [4.69, 9.17) is 5.41 Å². The van der Waals surface area contributed by atoms with E-state index >= 15 is 0 Å². The second-order valence-electron chi connectivity index (χ2n) is 3.38. The number of amides is 1. The van der Waals surface area contributed by atoms with Crippen molar-refractivity contribution in [2.45, 2.75) is 19.8 Å². The van der Waals surface area contributed by atoms with Crippen LogP contribution in [0.15, 0.2) is 0 Å². The molecule has 13 heavy (non-hydrogen) atoms. The Morgan fingerprint density at radius 3 is 2.85 bits per heavy atom. The smallest absolute Gasteiger partial charge is 0.241 e. The van der Waals surface area contributed by atoms with E-state index in [1.54, 1.807) is 11.9 Å². The minimum absolute atomic E-state index is 0.106. The van der Waals surface area contributed by atoms with Crippen LogP contribution in [0.25, 0.3) is 0 Å². The molecule has 1 fully saturated rings. The van der Waals surface area contributed by atoms with Crippen molar-refractivity contribution in [3.05, 3.63) is 0 Å². The van der Waals surface area contributed by atoms with Crippen LogP contribution in [-0.2, 0) is 4.79 Å². The summed E-state index contributed by atoms with van der Waals surface area (Å²) in [7, 11) is 1.79. The number of carbonyl (C=O) groups excluding carboxylic acids is 1. The average Bonchev–Trinajstić information content (AvgIpc) is 2.50. The van der Waals surface area contributed by atoms with Crippen molar-refractivity contribution in [1.29, 1.82) is 5.41 Å². The van der Waals surface area contributed by atoms with Gasteiger partial charge in [-0.05, 0) is 13.3 Å². The molecule has 1 amide bonds. The molecule has 0 aromatic heterocycles. The number of hydrogen-bond acceptors (Lipinski definition) is 2. The van der Waals surface area contributed by atoms with Gasteiger partial charge in [-0.3, -0.25) is 10.2 Å². The second kappa shape index (κ2) is 4.25. The van der Waals surface area contributed by atoms with Crippen molar-refractivity contribution >= 4 is 11.7 Å². The molecule has 4 nitrogen and oxygen atoms in total. The van der Waals surface area contributed by atoms with Gasteiger partial charge in [-0.2, -0.15) is 0 Å². The summed E-state index contributed by atoms with van der Waals surface area (Å²) in [5, 5.41) is 7.55. The summed E-state index contributed by atoms with van der Waals surface area (Å²) < 4.78 is 0. The van der Waals surface area contributed by atoms with Crippen molar-refractivity contribution in [3.8, 4) is 0 Å². The average molecular weight is 183 g/mol. The monoisotopic (exact) mass is 183 g/mol. The summed E-state index contributed by atoms with van der Waals surface area (Å²) in [6.07, 6.45) is 1.84. The van der Waals surface area contributed by atoms with Gasteiger partial charge in [-0.15, -0.1) is 0 Å². The first-order valence-electron chi connectivity index (χ1n) is 4.71. The molecule has 0 saturated carbocycles. The van der Waals surface area contributed by atoms with Gasteiger partial charge >= 0.3 is 0 Å². The molecule has 0 bridgehead atoms. The minimum atomic E-state index is 0.106. The van der Waals surface area contributed by atoms with Crippen molar-refractivity contribution in [2.24, 2.45) is 0 Å². The molecule has 0 aromatic carbocycles. The molecule has 0 aliphatic carbocycles. The molecular formula is C9H17N3O. The lowest BCUT2D eigenvalue weighted by atomic mass is 10.4. The zero-order chi connectivity index (χ0) is 9.84. The fraction of sp³-hybridized carbons (Fsp3) is 0.778. The Bertz CT molecular complexity index is 215. The third kappa shape index (κ3) is 2.44. The number of nitrogens with zero attached hydrogens (tertiary/aromatic N) is 2. The van der Waals surface area contributed by atoms with Crippen LogP contribution < -0.4 is 0 Å². The maximum Gasteiger partial charge on any atom is 0.241 e. The summed E-state index contributed by atoms with van der Waals surface area (Å²) in [6, 6.07) is 0. The SMILES string of the molecule is CCN(C)C(=O)CN1CCCC1=N. The predicted molar refractivity (Wildman–Crippen MR) is 51.8 cm³/mol. The van der Waals surface area contributed by atoms with Gasteiger partial charge < -0.3 is 9.80 Å². The Hall–Kier alpha value is -1.06. The van der Waals surface area contributed by atoms with Crippen LogP contribution in [0, 0.1) is 5.41 Å². The molecule has 1 saturated heterocycles. The maximum atomic E-state index is 11.5. The van der Waals surface area contributed by atoms with Crippen LogP contribution >= 0.6 is 0 Å². The van der Waals surface area contributed by atoms with Crippen LogP contribution in [-0.4, -0.2) is 48.2 Å². The van der Waals surface area contributed by atoms with Crippen molar-refractivity contribution in [3.63, 3.8) is 0 Å². The molecule has 1 heterocycles. The third-order valence-corrected chi connectivity index (χ3v) is 2.45. The Morgan fingerprint density at radius 1 is 1.69 bits per heavy atom. The summed E-state index contributed by atoms with van der Waals surface area (Å²) >= 11 is 0. The van der Waals surface area contributed by atoms with Crippen LogP contribution in [0.1, 0.15) is 19.8 Å². The summed E-state index contributed by atoms with van der Waals surface area (Å²) in [5.41, 5.74) is 0. The Balaban J connectivity index is 2.39. The maximum absolute atomic E-state index is 11.5. The normalized spacial score (nSPS) is 16.5. The number of hydrogen-bond donors (Lipinski definition) is 1. The van der Waals surface area contributed by atoms with E-state index in [0.717, 1.165) is 25.9 Å². The number of likely N-dealkylation sites (tertiary alicyclic amines) is 1. The number of nitrogens with one attached hydrogen (secondary N) is 1. The van der Waals surface area contributed by atoms with Crippen molar-refractivity contribution in [2.75, 3.05) is 26.7 Å². The Labute approximate surface area is 79.0 Å². The topological polar surface area (TPSA) is 47.4 Å². The molecule has 0 radical (unpaired) electrons. The molecular weight excluding hydrogens is 166 g/mol. The zero-order valence-electron chi connectivity index (χ0n) is 8.34. The van der Waals surface area contributed by atoms with Gasteiger partial charge in [0, 0.05) is 26.6 Å². The van der Waals surface area contributed by atoms with Crippen molar-refractivity contribution in [1.82, 2.24) is 9.80 Å². The Morgan fingerprint density at radius 2 is 2.38 bits per heavy atom. The highest BCUT2D eigenvalue weighted by Crippen LogP contribution is 2.09. The highest BCUT2D eigenvalue weighted by atomic mass is 16.2. The van der Waals surface area contributed by atoms with E-state index < -0.39 is 0 Å². The second-order valence-corrected chi connectivity index (χ2v) is 3.38. The number of carbonyl (C=O) groups is 1. The van der Waals surface area contributed by atoms with Gasteiger partial charge in [0.15, 0.2) is 0 Å². The van der Waals surface area contributed by atoms with Gasteiger partial charge in [0.05, 0.1) is 12.4 Å². The first-order chi connectivity index (χ1) is 6.15. The highest BCUT2D eigenvalue weighted by molar-refractivity contribution is 5.87. The van der Waals surface area contributed by atoms with Crippen LogP contribution in [0.3, 0.4) is 0 Å². The third-order valence-electron chi connectivity index (χ3n) is 2.45. The Kier molecular flexibility index (Phi) is 3.28. The van der Waals surface area contributed by atoms with E-state index in [1.165, 1.54) is 0 Å². The number of amidine groups is 1. The largest absolute Gasteiger partial charge is 0.351 e. The number of rotatable bonds is 3. The molecule has 1 aliphatic rings. The van der Waals surface area contributed by atoms with Gasteiger partial charge in [0.2, 0.25) is 5.91 Å². The van der Waals surface area contributed by atoms with Gasteiger partial charge in [0.1, 0.15) is 0 Å². The van der Waals surface area contributed by atoms with E-state index in [1.807, 2.05) is 11.8 Å². The summed E-state index contributed by atoms with van der Waals surface area (Å²) in [6.45, 7) is 3.93. The highest BCUT2D eigenvalue weighted by Gasteiger charge is 2.20. The van der Waals surface area contributed by atoms with E-state index in [2.05, 4.69) is 0 Å². The molecule has 0 spiro atoms. The van der Waals surface area contributed by atoms with E-state index in [-0.39, 0.29) is 5.91 Å². The molecule has 1 N–H and O–H groups in total. The lowest BCUT2D eigenvalue weighted by Gasteiger charge is -2.21. The summed E-state index contributed by atoms with van der Waals surface area (Å²) in [4.78, 5) is 15.0. The number of likely N-dealkylation sites (N-methyl/N-ethyl adjacent to an activating group) is 1. The molecule has 4 heteroatoms. The van der Waals surface area contributed by atoms with Crippen molar-refractivity contribution < 1.29 is 4.79 Å². The lowest BCUT2D eigenvalue weighted by molar-refractivity contribution is -0.129. The van der Waals surface area contributed by atoms with E-state index in [0.29, 0.717) is 12.4 Å².